The molecule has 0 spiro atoms. The van der Waals surface area contributed by atoms with Gasteiger partial charge in [-0.2, -0.15) is 5.10 Å². The first-order valence-corrected chi connectivity index (χ1v) is 11.9. The average molecular weight is 476 g/mol. The third-order valence-electron chi connectivity index (χ3n) is 5.64. The van der Waals surface area contributed by atoms with Crippen molar-refractivity contribution in [3.63, 3.8) is 0 Å². The zero-order chi connectivity index (χ0) is 22.5. The molecule has 1 saturated heterocycles. The molecule has 0 aliphatic carbocycles. The van der Waals surface area contributed by atoms with Crippen molar-refractivity contribution in [2.45, 2.75) is 38.4 Å². The minimum Gasteiger partial charge on any atom is -0.494 e. The van der Waals surface area contributed by atoms with Crippen LogP contribution in [0.5, 0.6) is 5.75 Å². The van der Waals surface area contributed by atoms with E-state index < -0.39 is 0 Å². The van der Waals surface area contributed by atoms with Gasteiger partial charge in [0, 0.05) is 38.6 Å². The largest absolute Gasteiger partial charge is 0.494 e. The maximum absolute atomic E-state index is 13.9. The molecule has 170 valence electrons. The van der Waals surface area contributed by atoms with E-state index in [-0.39, 0.29) is 23.5 Å². The smallest absolute Gasteiger partial charge is 0.222 e. The molecule has 0 saturated carbocycles. The second-order valence-electron chi connectivity index (χ2n) is 7.82. The molecular weight excluding hydrogens is 449 g/mol. The number of nitrogens with zero attached hydrogens (tertiary/aromatic N) is 3. The lowest BCUT2D eigenvalue weighted by Crippen LogP contribution is -2.44. The summed E-state index contributed by atoms with van der Waals surface area (Å²) in [6.45, 7) is 2.88. The number of nitrogens with one attached hydrogen (secondary N) is 2. The van der Waals surface area contributed by atoms with E-state index in [0.717, 1.165) is 42.2 Å². The molecule has 1 aliphatic heterocycles. The number of likely N-dealkylation sites (tertiary alicyclic amines) is 1. The van der Waals surface area contributed by atoms with E-state index in [1.165, 1.54) is 13.2 Å². The van der Waals surface area contributed by atoms with Crippen molar-refractivity contribution in [3.05, 3.63) is 51.9 Å². The van der Waals surface area contributed by atoms with Crippen LogP contribution < -0.4 is 10.1 Å². The first-order valence-electron chi connectivity index (χ1n) is 10.6. The number of carbonyl (C=O) groups is 1. The van der Waals surface area contributed by atoms with E-state index >= 15 is 0 Å². The summed E-state index contributed by atoms with van der Waals surface area (Å²) in [5.74, 6) is 0.698. The first kappa shape index (κ1) is 22.6. The Hall–Kier alpha value is -2.56. The zero-order valence-corrected chi connectivity index (χ0v) is 19.5. The lowest BCUT2D eigenvalue weighted by Gasteiger charge is -2.32. The van der Waals surface area contributed by atoms with Crippen LogP contribution in [-0.4, -0.2) is 51.8 Å². The molecule has 4 rings (SSSR count). The zero-order valence-electron chi connectivity index (χ0n) is 17.8. The van der Waals surface area contributed by atoms with Crippen molar-refractivity contribution in [1.82, 2.24) is 25.0 Å². The average Bonchev–Trinajstić information content (AvgIpc) is 3.43. The highest BCUT2D eigenvalue weighted by atomic mass is 32.1. The Morgan fingerprint density at radius 2 is 2.19 bits per heavy atom. The number of hydrogen-bond acceptors (Lipinski definition) is 6. The third kappa shape index (κ3) is 5.43. The van der Waals surface area contributed by atoms with Gasteiger partial charge in [0.1, 0.15) is 0 Å². The number of hydrogen-bond donors (Lipinski definition) is 2. The fourth-order valence-corrected chi connectivity index (χ4v) is 4.88. The van der Waals surface area contributed by atoms with Crippen LogP contribution in [0.2, 0.25) is 0 Å². The minimum atomic E-state index is -0.341. The molecular formula is C22H26FN5O2S2. The van der Waals surface area contributed by atoms with Gasteiger partial charge in [0.25, 0.3) is 0 Å². The Kier molecular flexibility index (Phi) is 7.33. The molecule has 1 fully saturated rings. The van der Waals surface area contributed by atoms with Gasteiger partial charge in [-0.25, -0.2) is 4.39 Å². The van der Waals surface area contributed by atoms with E-state index in [2.05, 4.69) is 20.4 Å². The summed E-state index contributed by atoms with van der Waals surface area (Å²) >= 11 is 6.92. The summed E-state index contributed by atoms with van der Waals surface area (Å²) in [5, 5.41) is 12.3. The fourth-order valence-electron chi connectivity index (χ4n) is 3.93. The Balaban J connectivity index is 1.24. The molecule has 3 aromatic rings. The number of amides is 1. The van der Waals surface area contributed by atoms with E-state index in [1.807, 2.05) is 28.1 Å². The highest BCUT2D eigenvalue weighted by Crippen LogP contribution is 2.23. The standard InChI is InChI=1S/C22H26FN5O2S2/c1-30-18-5-4-15(13-17(18)23)14-27-9-6-16(7-10-27)24-20(29)8-11-28-21(25-26-22(28)31)19-3-2-12-32-19/h2-5,12-13,16H,6-11,14H2,1H3,(H,24,29)(H,26,31). The molecule has 1 aromatic carbocycles. The number of ether oxygens (including phenoxy) is 1. The van der Waals surface area contributed by atoms with Crippen LogP contribution in [-0.2, 0) is 17.9 Å². The van der Waals surface area contributed by atoms with Gasteiger partial charge in [0.2, 0.25) is 5.91 Å². The van der Waals surface area contributed by atoms with E-state index in [4.69, 9.17) is 17.0 Å². The van der Waals surface area contributed by atoms with Gasteiger partial charge in [0.15, 0.2) is 22.2 Å². The molecule has 2 N–H and O–H groups in total. The number of rotatable bonds is 8. The van der Waals surface area contributed by atoms with Gasteiger partial charge < -0.3 is 10.1 Å². The number of benzene rings is 1. The predicted octanol–water partition coefficient (Wildman–Crippen LogP) is 3.99. The van der Waals surface area contributed by atoms with Gasteiger partial charge >= 0.3 is 0 Å². The number of methoxy groups -OCH3 is 1. The molecule has 0 radical (unpaired) electrons. The molecule has 0 bridgehead atoms. The number of piperidine rings is 1. The number of H-pyrrole nitrogens is 1. The lowest BCUT2D eigenvalue weighted by molar-refractivity contribution is -0.122. The van der Waals surface area contributed by atoms with Gasteiger partial charge in [-0.1, -0.05) is 12.1 Å². The van der Waals surface area contributed by atoms with Crippen molar-refractivity contribution in [2.75, 3.05) is 20.2 Å². The van der Waals surface area contributed by atoms with Crippen LogP contribution in [0, 0.1) is 10.6 Å². The van der Waals surface area contributed by atoms with Crippen LogP contribution in [0.4, 0.5) is 4.39 Å². The number of halogens is 1. The highest BCUT2D eigenvalue weighted by molar-refractivity contribution is 7.71. The van der Waals surface area contributed by atoms with Crippen molar-refractivity contribution in [2.24, 2.45) is 0 Å². The first-order chi connectivity index (χ1) is 15.5. The summed E-state index contributed by atoms with van der Waals surface area (Å²) in [4.78, 5) is 15.8. The van der Waals surface area contributed by atoms with Crippen LogP contribution >= 0.6 is 23.6 Å². The molecule has 2 aromatic heterocycles. The van der Waals surface area contributed by atoms with Gasteiger partial charge in [-0.3, -0.25) is 19.4 Å². The molecule has 1 amide bonds. The molecule has 7 nitrogen and oxygen atoms in total. The molecule has 0 atom stereocenters. The van der Waals surface area contributed by atoms with Gasteiger partial charge in [-0.05, 0) is 54.2 Å². The van der Waals surface area contributed by atoms with Crippen molar-refractivity contribution >= 4 is 29.5 Å². The van der Waals surface area contributed by atoms with Crippen LogP contribution in [0.15, 0.2) is 35.7 Å². The summed E-state index contributed by atoms with van der Waals surface area (Å²) in [7, 11) is 1.46. The van der Waals surface area contributed by atoms with Crippen molar-refractivity contribution in [1.29, 1.82) is 0 Å². The molecule has 3 heterocycles. The van der Waals surface area contributed by atoms with Crippen molar-refractivity contribution < 1.29 is 13.9 Å². The number of carbonyl (C=O) groups excluding carboxylic acids is 1. The second kappa shape index (κ2) is 10.4. The monoisotopic (exact) mass is 475 g/mol. The quantitative estimate of drug-likeness (QED) is 0.482. The summed E-state index contributed by atoms with van der Waals surface area (Å²) in [5.41, 5.74) is 0.921. The summed E-state index contributed by atoms with van der Waals surface area (Å²) in [6.07, 6.45) is 2.09. The van der Waals surface area contributed by atoms with Crippen LogP contribution in [0.1, 0.15) is 24.8 Å². The number of thiophene rings is 1. The Morgan fingerprint density at radius 3 is 2.88 bits per heavy atom. The van der Waals surface area contributed by atoms with E-state index in [9.17, 15) is 9.18 Å². The SMILES string of the molecule is COc1ccc(CN2CCC(NC(=O)CCn3c(-c4cccs4)n[nH]c3=S)CC2)cc1F. The number of aromatic nitrogens is 3. The molecule has 0 unspecified atom stereocenters. The Morgan fingerprint density at radius 1 is 1.38 bits per heavy atom. The van der Waals surface area contributed by atoms with Gasteiger partial charge in [-0.15, -0.1) is 11.3 Å². The Labute approximate surface area is 195 Å². The normalized spacial score (nSPS) is 15.1. The maximum Gasteiger partial charge on any atom is 0.222 e. The molecule has 32 heavy (non-hydrogen) atoms. The fraction of sp³-hybridized carbons (Fsp3) is 0.409. The molecule has 1 aliphatic rings. The highest BCUT2D eigenvalue weighted by Gasteiger charge is 2.21. The second-order valence-corrected chi connectivity index (χ2v) is 9.15. The summed E-state index contributed by atoms with van der Waals surface area (Å²) < 4.78 is 21.3. The third-order valence-corrected chi connectivity index (χ3v) is 6.81. The lowest BCUT2D eigenvalue weighted by atomic mass is 10.0. The number of aromatic amines is 1. The van der Waals surface area contributed by atoms with E-state index in [0.29, 0.717) is 24.3 Å². The van der Waals surface area contributed by atoms with Crippen LogP contribution in [0.3, 0.4) is 0 Å². The summed E-state index contributed by atoms with van der Waals surface area (Å²) in [6, 6.07) is 9.18. The molecule has 10 heteroatoms. The predicted molar refractivity (Wildman–Crippen MR) is 125 cm³/mol. The van der Waals surface area contributed by atoms with Gasteiger partial charge in [0.05, 0.1) is 12.0 Å². The van der Waals surface area contributed by atoms with Crippen LogP contribution in [0.25, 0.3) is 10.7 Å². The maximum atomic E-state index is 13.9. The minimum absolute atomic E-state index is 0.0147. The van der Waals surface area contributed by atoms with E-state index in [1.54, 1.807) is 17.4 Å². The van der Waals surface area contributed by atoms with Crippen molar-refractivity contribution in [3.8, 4) is 16.5 Å². The Bertz CT molecular complexity index is 1100. The topological polar surface area (TPSA) is 75.2 Å².